The zero-order valence-corrected chi connectivity index (χ0v) is 12.6. The van der Waals surface area contributed by atoms with E-state index in [1.165, 1.54) is 0 Å². The highest BCUT2D eigenvalue weighted by Crippen LogP contribution is 2.20. The molecule has 1 aromatic carbocycles. The van der Waals surface area contributed by atoms with Gasteiger partial charge in [-0.15, -0.1) is 0 Å². The summed E-state index contributed by atoms with van der Waals surface area (Å²) in [6.07, 6.45) is 1.15. The number of methoxy groups -OCH3 is 1. The van der Waals surface area contributed by atoms with Crippen molar-refractivity contribution in [1.82, 2.24) is 9.80 Å². The molecule has 1 aliphatic heterocycles. The quantitative estimate of drug-likeness (QED) is 0.845. The van der Waals surface area contributed by atoms with Crippen LogP contribution in [0.4, 0.5) is 0 Å². The fourth-order valence-corrected chi connectivity index (χ4v) is 2.62. The van der Waals surface area contributed by atoms with Gasteiger partial charge in [-0.25, -0.2) is 0 Å². The molecule has 4 nitrogen and oxygen atoms in total. The molecule has 0 spiro atoms. The second-order valence-electron chi connectivity index (χ2n) is 5.29. The molecule has 1 atom stereocenters. The Morgan fingerprint density at radius 2 is 1.90 bits per heavy atom. The van der Waals surface area contributed by atoms with Crippen LogP contribution in [0.5, 0.6) is 5.75 Å². The van der Waals surface area contributed by atoms with Gasteiger partial charge in [-0.3, -0.25) is 9.69 Å². The van der Waals surface area contributed by atoms with Crippen molar-refractivity contribution in [3.8, 4) is 5.75 Å². The zero-order valence-electron chi connectivity index (χ0n) is 12.6. The number of piperazine rings is 1. The summed E-state index contributed by atoms with van der Waals surface area (Å²) in [6.45, 7) is 7.95. The Bertz CT molecular complexity index is 454. The van der Waals surface area contributed by atoms with Crippen LogP contribution in [0.3, 0.4) is 0 Å². The standard InChI is InChI=1S/C16H24N2O2/c1-4-13(2)17-9-11-18(12-10-17)16(19)14-7-5-6-8-15(14)20-3/h5-8,13H,4,9-12H2,1-3H3. The average molecular weight is 276 g/mol. The molecule has 1 aromatic rings. The van der Waals surface area contributed by atoms with Crippen molar-refractivity contribution in [2.75, 3.05) is 33.3 Å². The molecule has 4 heteroatoms. The van der Waals surface area contributed by atoms with Gasteiger partial charge in [0.1, 0.15) is 5.75 Å². The summed E-state index contributed by atoms with van der Waals surface area (Å²) in [7, 11) is 1.60. The van der Waals surface area contributed by atoms with Crippen LogP contribution in [-0.2, 0) is 0 Å². The normalized spacial score (nSPS) is 17.9. The molecular formula is C16H24N2O2. The van der Waals surface area contributed by atoms with Crippen molar-refractivity contribution >= 4 is 5.91 Å². The molecule has 0 N–H and O–H groups in total. The average Bonchev–Trinajstić information content (AvgIpc) is 2.53. The van der Waals surface area contributed by atoms with Crippen molar-refractivity contribution in [3.05, 3.63) is 29.8 Å². The topological polar surface area (TPSA) is 32.8 Å². The SMILES string of the molecule is CCC(C)N1CCN(C(=O)c2ccccc2OC)CC1. The Balaban J connectivity index is 2.01. The van der Waals surface area contributed by atoms with Gasteiger partial charge in [0.05, 0.1) is 12.7 Å². The first kappa shape index (κ1) is 14.9. The highest BCUT2D eigenvalue weighted by Gasteiger charge is 2.25. The molecule has 0 aromatic heterocycles. The Morgan fingerprint density at radius 1 is 1.25 bits per heavy atom. The van der Waals surface area contributed by atoms with Gasteiger partial charge in [0.15, 0.2) is 0 Å². The monoisotopic (exact) mass is 276 g/mol. The molecule has 2 rings (SSSR count). The summed E-state index contributed by atoms with van der Waals surface area (Å²) in [5.74, 6) is 0.730. The number of nitrogens with zero attached hydrogens (tertiary/aromatic N) is 2. The van der Waals surface area contributed by atoms with Crippen molar-refractivity contribution in [2.45, 2.75) is 26.3 Å². The predicted molar refractivity (Wildman–Crippen MR) is 80.2 cm³/mol. The summed E-state index contributed by atoms with van der Waals surface area (Å²) < 4.78 is 5.28. The van der Waals surface area contributed by atoms with E-state index in [1.54, 1.807) is 7.11 Å². The summed E-state index contributed by atoms with van der Waals surface area (Å²) in [5, 5.41) is 0. The number of carbonyl (C=O) groups is 1. The molecule has 1 heterocycles. The van der Waals surface area contributed by atoms with E-state index < -0.39 is 0 Å². The molecule has 1 fully saturated rings. The minimum absolute atomic E-state index is 0.0752. The summed E-state index contributed by atoms with van der Waals surface area (Å²) in [6, 6.07) is 8.03. The lowest BCUT2D eigenvalue weighted by atomic mass is 10.1. The molecule has 20 heavy (non-hydrogen) atoms. The number of hydrogen-bond acceptors (Lipinski definition) is 3. The Kier molecular flexibility index (Phi) is 5.01. The second-order valence-corrected chi connectivity index (χ2v) is 5.29. The van der Waals surface area contributed by atoms with Gasteiger partial charge >= 0.3 is 0 Å². The van der Waals surface area contributed by atoms with Gasteiger partial charge < -0.3 is 9.64 Å². The number of hydrogen-bond donors (Lipinski definition) is 0. The van der Waals surface area contributed by atoms with E-state index in [4.69, 9.17) is 4.74 Å². The molecule has 0 aliphatic carbocycles. The van der Waals surface area contributed by atoms with Crippen molar-refractivity contribution in [2.24, 2.45) is 0 Å². The van der Waals surface area contributed by atoms with E-state index in [0.717, 1.165) is 32.6 Å². The molecule has 1 unspecified atom stereocenters. The van der Waals surface area contributed by atoms with E-state index in [-0.39, 0.29) is 5.91 Å². The molecule has 1 amide bonds. The van der Waals surface area contributed by atoms with Gasteiger partial charge in [-0.1, -0.05) is 19.1 Å². The third kappa shape index (κ3) is 3.12. The van der Waals surface area contributed by atoms with Gasteiger partial charge in [0.2, 0.25) is 0 Å². The van der Waals surface area contributed by atoms with Gasteiger partial charge in [0.25, 0.3) is 5.91 Å². The van der Waals surface area contributed by atoms with Crippen molar-refractivity contribution in [1.29, 1.82) is 0 Å². The first-order chi connectivity index (χ1) is 9.67. The predicted octanol–water partition coefficient (Wildman–Crippen LogP) is 2.25. The van der Waals surface area contributed by atoms with Crippen LogP contribution in [-0.4, -0.2) is 55.0 Å². The maximum atomic E-state index is 12.6. The number of para-hydroxylation sites is 1. The number of amides is 1. The fraction of sp³-hybridized carbons (Fsp3) is 0.562. The molecule has 1 aliphatic rings. The molecule has 0 radical (unpaired) electrons. The summed E-state index contributed by atoms with van der Waals surface area (Å²) >= 11 is 0. The molecule has 0 saturated carbocycles. The lowest BCUT2D eigenvalue weighted by molar-refractivity contribution is 0.0576. The van der Waals surface area contributed by atoms with E-state index >= 15 is 0 Å². The minimum Gasteiger partial charge on any atom is -0.496 e. The molecule has 110 valence electrons. The van der Waals surface area contributed by atoms with Gasteiger partial charge in [-0.05, 0) is 25.5 Å². The van der Waals surface area contributed by atoms with Crippen molar-refractivity contribution < 1.29 is 9.53 Å². The molecule has 1 saturated heterocycles. The van der Waals surface area contributed by atoms with E-state index in [2.05, 4.69) is 18.7 Å². The van der Waals surface area contributed by atoms with Crippen LogP contribution in [0.1, 0.15) is 30.6 Å². The zero-order chi connectivity index (χ0) is 14.5. The van der Waals surface area contributed by atoms with Crippen LogP contribution in [0.25, 0.3) is 0 Å². The first-order valence-corrected chi connectivity index (χ1v) is 7.33. The van der Waals surface area contributed by atoms with Crippen LogP contribution >= 0.6 is 0 Å². The first-order valence-electron chi connectivity index (χ1n) is 7.33. The third-order valence-corrected chi connectivity index (χ3v) is 4.15. The Morgan fingerprint density at radius 3 is 2.50 bits per heavy atom. The largest absolute Gasteiger partial charge is 0.496 e. The van der Waals surface area contributed by atoms with E-state index in [9.17, 15) is 4.79 Å². The summed E-state index contributed by atoms with van der Waals surface area (Å²) in [5.41, 5.74) is 0.659. The number of rotatable bonds is 4. The number of carbonyl (C=O) groups excluding carboxylic acids is 1. The highest BCUT2D eigenvalue weighted by molar-refractivity contribution is 5.97. The fourth-order valence-electron chi connectivity index (χ4n) is 2.62. The van der Waals surface area contributed by atoms with Crippen LogP contribution in [0.2, 0.25) is 0 Å². The van der Waals surface area contributed by atoms with E-state index in [1.807, 2.05) is 29.2 Å². The summed E-state index contributed by atoms with van der Waals surface area (Å²) in [4.78, 5) is 16.9. The van der Waals surface area contributed by atoms with E-state index in [0.29, 0.717) is 17.4 Å². The Labute approximate surface area is 121 Å². The van der Waals surface area contributed by atoms with Crippen molar-refractivity contribution in [3.63, 3.8) is 0 Å². The van der Waals surface area contributed by atoms with Gasteiger partial charge in [0, 0.05) is 32.2 Å². The maximum absolute atomic E-state index is 12.6. The second kappa shape index (κ2) is 6.75. The number of benzene rings is 1. The highest BCUT2D eigenvalue weighted by atomic mass is 16.5. The Hall–Kier alpha value is -1.55. The minimum atomic E-state index is 0.0752. The lowest BCUT2D eigenvalue weighted by Gasteiger charge is -2.38. The smallest absolute Gasteiger partial charge is 0.257 e. The van der Waals surface area contributed by atoms with Crippen LogP contribution in [0.15, 0.2) is 24.3 Å². The van der Waals surface area contributed by atoms with Gasteiger partial charge in [-0.2, -0.15) is 0 Å². The van der Waals surface area contributed by atoms with Crippen LogP contribution in [0, 0.1) is 0 Å². The maximum Gasteiger partial charge on any atom is 0.257 e. The molecular weight excluding hydrogens is 252 g/mol. The lowest BCUT2D eigenvalue weighted by Crippen LogP contribution is -2.51. The molecule has 0 bridgehead atoms. The number of ether oxygens (including phenoxy) is 1. The van der Waals surface area contributed by atoms with Crippen LogP contribution < -0.4 is 4.74 Å². The third-order valence-electron chi connectivity index (χ3n) is 4.15.